The number of hydrogen-bond acceptors (Lipinski definition) is 5. The molecule has 2 bridgehead atoms. The first-order valence-corrected chi connectivity index (χ1v) is 10.8. The molecule has 1 heterocycles. The Hall–Kier alpha value is -2.15. The maximum atomic E-state index is 13.1. The maximum Gasteiger partial charge on any atom is 0.341 e. The Morgan fingerprint density at radius 3 is 2.64 bits per heavy atom. The summed E-state index contributed by atoms with van der Waals surface area (Å²) in [6.45, 7) is 4.21. The monoisotopic (exact) mass is 403 g/mol. The smallest absolute Gasteiger partial charge is 0.341 e. The van der Waals surface area contributed by atoms with Gasteiger partial charge in [0.05, 0.1) is 24.0 Å². The van der Waals surface area contributed by atoms with Crippen LogP contribution in [0.5, 0.6) is 0 Å². The van der Waals surface area contributed by atoms with Crippen molar-refractivity contribution in [3.63, 3.8) is 0 Å². The van der Waals surface area contributed by atoms with E-state index in [1.165, 1.54) is 11.3 Å². The molecule has 5 atom stereocenters. The summed E-state index contributed by atoms with van der Waals surface area (Å²) in [6, 6.07) is 0. The molecule has 3 aliphatic rings. The maximum absolute atomic E-state index is 13.1. The Kier molecular flexibility index (Phi) is 5.04. The summed E-state index contributed by atoms with van der Waals surface area (Å²) in [5, 5.41) is 13.0. The van der Waals surface area contributed by atoms with Crippen LogP contribution in [0, 0.1) is 29.6 Å². The number of amides is 1. The quantitative estimate of drug-likeness (QED) is 0.580. The van der Waals surface area contributed by atoms with Crippen molar-refractivity contribution in [3.8, 4) is 0 Å². The Labute approximate surface area is 168 Å². The van der Waals surface area contributed by atoms with E-state index < -0.39 is 23.8 Å². The van der Waals surface area contributed by atoms with Gasteiger partial charge in [-0.2, -0.15) is 0 Å². The average molecular weight is 404 g/mol. The fourth-order valence-electron chi connectivity index (χ4n) is 4.97. The van der Waals surface area contributed by atoms with Gasteiger partial charge in [0.15, 0.2) is 0 Å². The van der Waals surface area contributed by atoms with Gasteiger partial charge in [-0.05, 0) is 55.9 Å². The summed E-state index contributed by atoms with van der Waals surface area (Å²) in [7, 11) is 0. The second-order valence-corrected chi connectivity index (χ2v) is 9.21. The number of fused-ring (bicyclic) bond motifs is 3. The average Bonchev–Trinajstić information content (AvgIpc) is 3.33. The number of anilines is 1. The molecule has 4 rings (SSSR count). The number of ether oxygens (including phenoxy) is 1. The van der Waals surface area contributed by atoms with E-state index in [0.29, 0.717) is 22.9 Å². The molecule has 3 aliphatic carbocycles. The van der Waals surface area contributed by atoms with E-state index in [-0.39, 0.29) is 24.3 Å². The van der Waals surface area contributed by atoms with E-state index in [1.807, 2.05) is 12.2 Å². The number of thiophene rings is 1. The van der Waals surface area contributed by atoms with E-state index in [4.69, 9.17) is 4.74 Å². The number of carboxylic acids is 1. The first-order valence-electron chi connectivity index (χ1n) is 9.94. The van der Waals surface area contributed by atoms with Crippen LogP contribution < -0.4 is 5.32 Å². The minimum Gasteiger partial charge on any atom is -0.481 e. The lowest BCUT2D eigenvalue weighted by Gasteiger charge is -2.23. The molecule has 0 spiro atoms. The molecule has 1 aromatic heterocycles. The van der Waals surface area contributed by atoms with Crippen molar-refractivity contribution in [1.29, 1.82) is 0 Å². The highest BCUT2D eigenvalue weighted by atomic mass is 32.1. The van der Waals surface area contributed by atoms with Gasteiger partial charge in [-0.25, -0.2) is 4.79 Å². The highest BCUT2D eigenvalue weighted by molar-refractivity contribution is 7.17. The first-order chi connectivity index (χ1) is 13.4. The third kappa shape index (κ3) is 3.15. The van der Waals surface area contributed by atoms with Gasteiger partial charge in [-0.3, -0.25) is 9.59 Å². The topological polar surface area (TPSA) is 92.7 Å². The second kappa shape index (κ2) is 7.35. The standard InChI is InChI=1S/C21H25NO5S/c1-3-27-21(26)17-13-7-4-10(2)8-14(13)28-19(17)22-18(23)15-11-5-6-12(9-11)16(15)20(24)25/h5-6,10-12,15-16H,3-4,7-9H2,1-2H3,(H,22,23)(H,24,25)/t10-,11-,12-,15-,16+/m1/s1. The van der Waals surface area contributed by atoms with Crippen molar-refractivity contribution in [2.75, 3.05) is 11.9 Å². The fourth-order valence-corrected chi connectivity index (χ4v) is 6.37. The molecular formula is C21H25NO5S. The van der Waals surface area contributed by atoms with Gasteiger partial charge < -0.3 is 15.2 Å². The molecule has 0 radical (unpaired) electrons. The van der Waals surface area contributed by atoms with Gasteiger partial charge in [0, 0.05) is 4.88 Å². The van der Waals surface area contributed by atoms with E-state index in [0.717, 1.165) is 29.7 Å². The number of aliphatic carboxylic acids is 1. The molecule has 28 heavy (non-hydrogen) atoms. The summed E-state index contributed by atoms with van der Waals surface area (Å²) in [5.41, 5.74) is 1.45. The highest BCUT2D eigenvalue weighted by Crippen LogP contribution is 2.49. The van der Waals surface area contributed by atoms with Gasteiger partial charge in [0.1, 0.15) is 5.00 Å². The minimum absolute atomic E-state index is 0.0493. The van der Waals surface area contributed by atoms with Crippen molar-refractivity contribution in [2.24, 2.45) is 29.6 Å². The second-order valence-electron chi connectivity index (χ2n) is 8.10. The van der Waals surface area contributed by atoms with Crippen molar-refractivity contribution in [1.82, 2.24) is 0 Å². The lowest BCUT2D eigenvalue weighted by molar-refractivity contribution is -0.146. The summed E-state index contributed by atoms with van der Waals surface area (Å²) in [6.07, 6.45) is 7.27. The Balaban J connectivity index is 1.64. The zero-order valence-corrected chi connectivity index (χ0v) is 16.9. The molecule has 0 saturated heterocycles. The summed E-state index contributed by atoms with van der Waals surface area (Å²) >= 11 is 1.44. The van der Waals surface area contributed by atoms with Crippen LogP contribution in [0.15, 0.2) is 12.2 Å². The van der Waals surface area contributed by atoms with Gasteiger partial charge in [0.2, 0.25) is 5.91 Å². The van der Waals surface area contributed by atoms with Crippen LogP contribution in [-0.4, -0.2) is 29.6 Å². The van der Waals surface area contributed by atoms with Crippen molar-refractivity contribution < 1.29 is 24.2 Å². The number of carboxylic acid groups (broad SMARTS) is 1. The van der Waals surface area contributed by atoms with Crippen LogP contribution in [-0.2, 0) is 27.2 Å². The summed E-state index contributed by atoms with van der Waals surface area (Å²) in [4.78, 5) is 38.5. The Bertz CT molecular complexity index is 857. The molecule has 6 nitrogen and oxygen atoms in total. The molecule has 2 N–H and O–H groups in total. The van der Waals surface area contributed by atoms with Crippen molar-refractivity contribution >= 4 is 34.2 Å². The predicted octanol–water partition coefficient (Wildman–Crippen LogP) is 3.51. The lowest BCUT2D eigenvalue weighted by atomic mass is 9.82. The number of hydrogen-bond donors (Lipinski definition) is 2. The minimum atomic E-state index is -0.929. The SMILES string of the molecule is CCOC(=O)c1c(NC(=O)[C@H]2[C@@H](C(=O)O)[C@@H]3C=C[C@@H]2C3)sc2c1CC[C@@H](C)C2. The van der Waals surface area contributed by atoms with Crippen molar-refractivity contribution in [3.05, 3.63) is 28.2 Å². The molecule has 1 saturated carbocycles. The van der Waals surface area contributed by atoms with Gasteiger partial charge in [-0.1, -0.05) is 19.1 Å². The number of carbonyl (C=O) groups excluding carboxylic acids is 2. The third-order valence-electron chi connectivity index (χ3n) is 6.28. The van der Waals surface area contributed by atoms with Gasteiger partial charge >= 0.3 is 11.9 Å². The number of esters is 1. The van der Waals surface area contributed by atoms with E-state index in [2.05, 4.69) is 12.2 Å². The molecule has 7 heteroatoms. The number of carbonyl (C=O) groups is 3. The molecule has 0 aromatic carbocycles. The van der Waals surface area contributed by atoms with Crippen LogP contribution in [0.3, 0.4) is 0 Å². The zero-order chi connectivity index (χ0) is 20.0. The van der Waals surface area contributed by atoms with E-state index in [1.54, 1.807) is 6.92 Å². The van der Waals surface area contributed by atoms with Crippen LogP contribution in [0.1, 0.15) is 47.5 Å². The third-order valence-corrected chi connectivity index (χ3v) is 7.44. The Morgan fingerprint density at radius 2 is 1.96 bits per heavy atom. The number of allylic oxidation sites excluding steroid dienone is 2. The fraction of sp³-hybridized carbons (Fsp3) is 0.571. The normalized spacial score (nSPS) is 30.1. The molecule has 1 amide bonds. The number of rotatable bonds is 5. The summed E-state index contributed by atoms with van der Waals surface area (Å²) in [5.74, 6) is -2.53. The van der Waals surface area contributed by atoms with Crippen LogP contribution >= 0.6 is 11.3 Å². The van der Waals surface area contributed by atoms with E-state index >= 15 is 0 Å². The van der Waals surface area contributed by atoms with Gasteiger partial charge in [-0.15, -0.1) is 11.3 Å². The van der Waals surface area contributed by atoms with E-state index in [9.17, 15) is 19.5 Å². The molecule has 1 aromatic rings. The van der Waals surface area contributed by atoms with Crippen LogP contribution in [0.4, 0.5) is 5.00 Å². The molecule has 0 unspecified atom stereocenters. The van der Waals surface area contributed by atoms with Crippen molar-refractivity contribution in [2.45, 2.75) is 39.5 Å². The highest BCUT2D eigenvalue weighted by Gasteiger charge is 2.51. The lowest BCUT2D eigenvalue weighted by Crippen LogP contribution is -2.36. The summed E-state index contributed by atoms with van der Waals surface area (Å²) < 4.78 is 5.25. The Morgan fingerprint density at radius 1 is 1.25 bits per heavy atom. The first kappa shape index (κ1) is 19.2. The molecule has 1 fully saturated rings. The largest absolute Gasteiger partial charge is 0.481 e. The molecule has 0 aliphatic heterocycles. The van der Waals surface area contributed by atoms with Crippen LogP contribution in [0.2, 0.25) is 0 Å². The predicted molar refractivity (Wildman–Crippen MR) is 105 cm³/mol. The zero-order valence-electron chi connectivity index (χ0n) is 16.1. The number of nitrogens with one attached hydrogen (secondary N) is 1. The molecular weight excluding hydrogens is 378 g/mol. The molecule has 150 valence electrons. The van der Waals surface area contributed by atoms with Gasteiger partial charge in [0.25, 0.3) is 0 Å². The van der Waals surface area contributed by atoms with Crippen LogP contribution in [0.25, 0.3) is 0 Å².